The Labute approximate surface area is 239 Å². The van der Waals surface area contributed by atoms with Crippen molar-refractivity contribution in [3.63, 3.8) is 0 Å². The number of sulfonamides is 1. The molecule has 0 spiro atoms. The van der Waals surface area contributed by atoms with E-state index in [2.05, 4.69) is 30.4 Å². The van der Waals surface area contributed by atoms with E-state index in [0.717, 1.165) is 31.2 Å². The highest BCUT2D eigenvalue weighted by Crippen LogP contribution is 2.27. The van der Waals surface area contributed by atoms with Crippen LogP contribution in [0.4, 0.5) is 0 Å². The molecule has 1 amide bonds. The molecule has 0 unspecified atom stereocenters. The molecule has 216 valence electrons. The van der Waals surface area contributed by atoms with E-state index in [0.29, 0.717) is 38.1 Å². The molecule has 0 atom stereocenters. The maximum absolute atomic E-state index is 13.9. The smallest absolute Gasteiger partial charge is 0.243 e. The number of allylic oxidation sites excluding steroid dienone is 5. The van der Waals surface area contributed by atoms with Gasteiger partial charge in [0.15, 0.2) is 0 Å². The van der Waals surface area contributed by atoms with Gasteiger partial charge in [0.05, 0.1) is 18.6 Å². The Balaban J connectivity index is 1.77. The molecular weight excluding hydrogens is 522 g/mol. The van der Waals surface area contributed by atoms with Gasteiger partial charge in [0, 0.05) is 13.1 Å². The molecule has 40 heavy (non-hydrogen) atoms. The Morgan fingerprint density at radius 3 is 2.55 bits per heavy atom. The Hall–Kier alpha value is -3.20. The first-order valence-electron chi connectivity index (χ1n) is 14.1. The van der Waals surface area contributed by atoms with Crippen molar-refractivity contribution in [1.82, 2.24) is 9.62 Å². The van der Waals surface area contributed by atoms with Gasteiger partial charge in [0.25, 0.3) is 0 Å². The van der Waals surface area contributed by atoms with Crippen LogP contribution in [0.1, 0.15) is 55.2 Å². The third-order valence-corrected chi connectivity index (χ3v) is 8.92. The predicted molar refractivity (Wildman–Crippen MR) is 163 cm³/mol. The fourth-order valence-electron chi connectivity index (χ4n) is 4.77. The number of ether oxygens (including phenoxy) is 1. The highest BCUT2D eigenvalue weighted by Gasteiger charge is 2.28. The molecule has 1 aliphatic carbocycles. The van der Waals surface area contributed by atoms with E-state index in [4.69, 9.17) is 10.5 Å². The van der Waals surface area contributed by atoms with Crippen LogP contribution < -0.4 is 15.8 Å². The van der Waals surface area contributed by atoms with Crippen molar-refractivity contribution in [2.75, 3.05) is 33.3 Å². The first-order valence-corrected chi connectivity index (χ1v) is 15.5. The quantitative estimate of drug-likeness (QED) is 0.292. The second kappa shape index (κ2) is 16.2. The average Bonchev–Trinajstić information content (AvgIpc) is 2.93. The van der Waals surface area contributed by atoms with Gasteiger partial charge in [-0.3, -0.25) is 4.79 Å². The van der Waals surface area contributed by atoms with Crippen molar-refractivity contribution in [2.45, 2.75) is 51.9 Å². The second-order valence-corrected chi connectivity index (χ2v) is 11.9. The summed E-state index contributed by atoms with van der Waals surface area (Å²) < 4.78 is 34.5. The van der Waals surface area contributed by atoms with Gasteiger partial charge in [-0.25, -0.2) is 8.42 Å². The molecule has 0 aromatic heterocycles. The van der Waals surface area contributed by atoms with Crippen molar-refractivity contribution in [3.05, 3.63) is 94.4 Å². The van der Waals surface area contributed by atoms with Crippen LogP contribution in [0.25, 0.3) is 5.57 Å². The maximum atomic E-state index is 13.9. The SMILES string of the molecule is COc1ccccc1CCN(CC(=O)NCCCCCCN)S(=O)(=O)C1=C/C/C=C(/c2ccccc2C)C/C=C\1. The summed E-state index contributed by atoms with van der Waals surface area (Å²) in [5.74, 6) is 0.389. The Kier molecular flexibility index (Phi) is 12.7. The molecule has 0 fully saturated rings. The summed E-state index contributed by atoms with van der Waals surface area (Å²) in [5, 5.41) is 2.89. The van der Waals surface area contributed by atoms with E-state index in [-0.39, 0.29) is 23.9 Å². The van der Waals surface area contributed by atoms with E-state index in [1.807, 2.05) is 42.5 Å². The Morgan fingerprint density at radius 1 is 1.02 bits per heavy atom. The molecule has 3 rings (SSSR count). The minimum Gasteiger partial charge on any atom is -0.496 e. The number of hydrogen-bond acceptors (Lipinski definition) is 5. The molecule has 0 heterocycles. The van der Waals surface area contributed by atoms with Crippen molar-refractivity contribution in [1.29, 1.82) is 0 Å². The number of hydrogen-bond donors (Lipinski definition) is 2. The zero-order valence-corrected chi connectivity index (χ0v) is 24.6. The zero-order chi connectivity index (χ0) is 28.8. The van der Waals surface area contributed by atoms with Crippen LogP contribution in [0.15, 0.2) is 77.7 Å². The van der Waals surface area contributed by atoms with E-state index in [1.54, 1.807) is 19.3 Å². The van der Waals surface area contributed by atoms with Crippen molar-refractivity contribution < 1.29 is 17.9 Å². The summed E-state index contributed by atoms with van der Waals surface area (Å²) in [5.41, 5.74) is 9.96. The molecule has 0 saturated carbocycles. The van der Waals surface area contributed by atoms with Crippen LogP contribution in [-0.4, -0.2) is 51.9 Å². The molecule has 0 saturated heterocycles. The number of aryl methyl sites for hydroxylation is 1. The molecular formula is C32H43N3O4S. The number of carbonyl (C=O) groups excluding carboxylic acids is 1. The van der Waals surface area contributed by atoms with Gasteiger partial charge in [0.2, 0.25) is 15.9 Å². The van der Waals surface area contributed by atoms with Gasteiger partial charge >= 0.3 is 0 Å². The summed E-state index contributed by atoms with van der Waals surface area (Å²) in [6.07, 6.45) is 12.7. The molecule has 7 nitrogen and oxygen atoms in total. The van der Waals surface area contributed by atoms with Gasteiger partial charge in [-0.2, -0.15) is 4.31 Å². The number of rotatable bonds is 15. The zero-order valence-electron chi connectivity index (χ0n) is 23.8. The van der Waals surface area contributed by atoms with Crippen LogP contribution in [0.2, 0.25) is 0 Å². The molecule has 1 aliphatic rings. The lowest BCUT2D eigenvalue weighted by atomic mass is 9.96. The van der Waals surface area contributed by atoms with E-state index >= 15 is 0 Å². The van der Waals surface area contributed by atoms with Crippen LogP contribution in [0.3, 0.4) is 0 Å². The number of methoxy groups -OCH3 is 1. The number of benzene rings is 2. The van der Waals surface area contributed by atoms with E-state index in [9.17, 15) is 13.2 Å². The molecule has 8 heteroatoms. The fraction of sp³-hybridized carbons (Fsp3) is 0.406. The highest BCUT2D eigenvalue weighted by molar-refractivity contribution is 7.93. The summed E-state index contributed by atoms with van der Waals surface area (Å²) in [4.78, 5) is 13.1. The van der Waals surface area contributed by atoms with E-state index < -0.39 is 10.0 Å². The monoisotopic (exact) mass is 565 g/mol. The van der Waals surface area contributed by atoms with Gasteiger partial charge in [-0.1, -0.05) is 73.5 Å². The number of para-hydroxylation sites is 1. The van der Waals surface area contributed by atoms with Crippen LogP contribution in [0.5, 0.6) is 5.75 Å². The third-order valence-electron chi connectivity index (χ3n) is 7.03. The molecule has 2 aromatic rings. The Bertz CT molecular complexity index is 1310. The normalized spacial score (nSPS) is 17.2. The number of nitrogens with one attached hydrogen (secondary N) is 1. The molecule has 0 aliphatic heterocycles. The summed E-state index contributed by atoms with van der Waals surface area (Å²) in [6.45, 7) is 3.17. The van der Waals surface area contributed by atoms with E-state index in [1.165, 1.54) is 21.0 Å². The van der Waals surface area contributed by atoms with Gasteiger partial charge in [-0.05, 0) is 80.0 Å². The van der Waals surface area contributed by atoms with Crippen molar-refractivity contribution in [3.8, 4) is 5.75 Å². The Morgan fingerprint density at radius 2 is 1.77 bits per heavy atom. The number of nitrogens with zero attached hydrogens (tertiary/aromatic N) is 1. The summed E-state index contributed by atoms with van der Waals surface area (Å²) >= 11 is 0. The van der Waals surface area contributed by atoms with Crippen molar-refractivity contribution >= 4 is 21.5 Å². The standard InChI is InChI=1S/C32H43N3O4S/c1-26-13-5-7-19-30(26)27-15-11-17-29(18-12-16-27)40(37,38)35(24-21-28-14-6-8-20-31(28)39-2)25-32(36)34-23-10-4-3-9-22-33/h5-8,11,13-14,16-20H,3-4,9-10,12,15,21-25,33H2,1-2H3,(H,34,36)/b17-11-,27-16+,29-18+. The topological polar surface area (TPSA) is 102 Å². The fourth-order valence-corrected chi connectivity index (χ4v) is 6.26. The minimum absolute atomic E-state index is 0.155. The second-order valence-electron chi connectivity index (χ2n) is 9.95. The average molecular weight is 566 g/mol. The largest absolute Gasteiger partial charge is 0.496 e. The first-order chi connectivity index (χ1) is 19.4. The van der Waals surface area contributed by atoms with Gasteiger partial charge < -0.3 is 15.8 Å². The lowest BCUT2D eigenvalue weighted by Crippen LogP contribution is -2.42. The summed E-state index contributed by atoms with van der Waals surface area (Å²) in [7, 11) is -2.32. The molecule has 0 bridgehead atoms. The van der Waals surface area contributed by atoms with Crippen LogP contribution >= 0.6 is 0 Å². The number of amides is 1. The van der Waals surface area contributed by atoms with Crippen LogP contribution in [-0.2, 0) is 21.2 Å². The highest BCUT2D eigenvalue weighted by atomic mass is 32.2. The van der Waals surface area contributed by atoms with Gasteiger partial charge in [0.1, 0.15) is 5.75 Å². The lowest BCUT2D eigenvalue weighted by Gasteiger charge is -2.23. The maximum Gasteiger partial charge on any atom is 0.243 e. The number of nitrogens with two attached hydrogens (primary N) is 1. The number of unbranched alkanes of at least 4 members (excludes halogenated alkanes) is 3. The molecule has 0 radical (unpaired) electrons. The molecule has 3 N–H and O–H groups in total. The number of carbonyl (C=O) groups is 1. The van der Waals surface area contributed by atoms with Crippen LogP contribution in [0, 0.1) is 6.92 Å². The minimum atomic E-state index is -3.92. The molecule has 2 aromatic carbocycles. The van der Waals surface area contributed by atoms with Gasteiger partial charge in [-0.15, -0.1) is 0 Å². The third kappa shape index (κ3) is 9.18. The predicted octanol–water partition coefficient (Wildman–Crippen LogP) is 5.13. The lowest BCUT2D eigenvalue weighted by molar-refractivity contribution is -0.121. The van der Waals surface area contributed by atoms with Crippen molar-refractivity contribution in [2.24, 2.45) is 5.73 Å². The first kappa shape index (κ1) is 31.3. The summed E-state index contributed by atoms with van der Waals surface area (Å²) in [6, 6.07) is 15.7.